The zero-order valence-corrected chi connectivity index (χ0v) is 12.9. The highest BCUT2D eigenvalue weighted by molar-refractivity contribution is 6.04. The van der Waals surface area contributed by atoms with Crippen molar-refractivity contribution in [1.29, 1.82) is 0 Å². The highest BCUT2D eigenvalue weighted by atomic mass is 16.4. The number of hydrogen-bond donors (Lipinski definition) is 1. The van der Waals surface area contributed by atoms with Gasteiger partial charge in [0.25, 0.3) is 0 Å². The van der Waals surface area contributed by atoms with Crippen LogP contribution in [0.2, 0.25) is 0 Å². The fraction of sp³-hybridized carbons (Fsp3) is 0.0476. The van der Waals surface area contributed by atoms with Gasteiger partial charge in [0.05, 0.1) is 17.6 Å². The van der Waals surface area contributed by atoms with Crippen LogP contribution in [0, 0.1) is 0 Å². The molecule has 3 heteroatoms. The van der Waals surface area contributed by atoms with Gasteiger partial charge in [-0.05, 0) is 22.4 Å². The SMILES string of the molecule is O=C(O)Cc1ccc2cccc(-c3cccc4ccccc34)c2n1. The first-order valence-corrected chi connectivity index (χ1v) is 7.81. The molecule has 0 fully saturated rings. The van der Waals surface area contributed by atoms with E-state index in [0.717, 1.165) is 27.4 Å². The number of carboxylic acid groups (broad SMARTS) is 1. The Morgan fingerprint density at radius 2 is 1.50 bits per heavy atom. The smallest absolute Gasteiger partial charge is 0.309 e. The van der Waals surface area contributed by atoms with Gasteiger partial charge in [0, 0.05) is 10.9 Å². The van der Waals surface area contributed by atoms with Gasteiger partial charge < -0.3 is 5.11 Å². The number of rotatable bonds is 3. The van der Waals surface area contributed by atoms with Gasteiger partial charge in [-0.15, -0.1) is 0 Å². The maximum Gasteiger partial charge on any atom is 0.309 e. The average Bonchev–Trinajstić information content (AvgIpc) is 2.60. The van der Waals surface area contributed by atoms with Crippen LogP contribution in [-0.2, 0) is 11.2 Å². The fourth-order valence-electron chi connectivity index (χ4n) is 3.12. The number of aliphatic carboxylic acids is 1. The highest BCUT2D eigenvalue weighted by Crippen LogP contribution is 2.33. The van der Waals surface area contributed by atoms with Gasteiger partial charge >= 0.3 is 5.97 Å². The van der Waals surface area contributed by atoms with Gasteiger partial charge in [-0.2, -0.15) is 0 Å². The molecule has 0 saturated heterocycles. The molecule has 4 aromatic rings. The van der Waals surface area contributed by atoms with Crippen LogP contribution in [0.4, 0.5) is 0 Å². The Balaban J connectivity index is 2.00. The van der Waals surface area contributed by atoms with E-state index in [-0.39, 0.29) is 6.42 Å². The second kappa shape index (κ2) is 5.78. The number of hydrogen-bond acceptors (Lipinski definition) is 2. The van der Waals surface area contributed by atoms with Gasteiger partial charge in [0.2, 0.25) is 0 Å². The molecule has 0 bridgehead atoms. The maximum absolute atomic E-state index is 11.0. The Morgan fingerprint density at radius 1 is 0.792 bits per heavy atom. The third-order valence-corrected chi connectivity index (χ3v) is 4.19. The summed E-state index contributed by atoms with van der Waals surface area (Å²) in [6.45, 7) is 0. The topological polar surface area (TPSA) is 50.2 Å². The van der Waals surface area contributed by atoms with Crippen LogP contribution in [0.15, 0.2) is 72.8 Å². The van der Waals surface area contributed by atoms with Crippen molar-refractivity contribution in [3.63, 3.8) is 0 Å². The molecule has 0 aliphatic rings. The van der Waals surface area contributed by atoms with Crippen LogP contribution in [0.1, 0.15) is 5.69 Å². The quantitative estimate of drug-likeness (QED) is 0.597. The summed E-state index contributed by atoms with van der Waals surface area (Å²) >= 11 is 0. The van der Waals surface area contributed by atoms with E-state index in [9.17, 15) is 4.79 Å². The van der Waals surface area contributed by atoms with Crippen LogP contribution in [0.5, 0.6) is 0 Å². The lowest BCUT2D eigenvalue weighted by Crippen LogP contribution is -2.02. The van der Waals surface area contributed by atoms with Gasteiger partial charge in [-0.3, -0.25) is 9.78 Å². The predicted octanol–water partition coefficient (Wildman–Crippen LogP) is 4.68. The number of para-hydroxylation sites is 1. The van der Waals surface area contributed by atoms with Crippen molar-refractivity contribution in [3.8, 4) is 11.1 Å². The van der Waals surface area contributed by atoms with E-state index >= 15 is 0 Å². The molecular weight excluding hydrogens is 298 g/mol. The molecular formula is C21H15NO2. The molecule has 0 aliphatic heterocycles. The van der Waals surface area contributed by atoms with E-state index in [1.807, 2.05) is 42.5 Å². The van der Waals surface area contributed by atoms with Gasteiger partial charge in [-0.25, -0.2) is 0 Å². The lowest BCUT2D eigenvalue weighted by molar-refractivity contribution is -0.136. The molecule has 116 valence electrons. The third-order valence-electron chi connectivity index (χ3n) is 4.19. The Morgan fingerprint density at radius 3 is 2.33 bits per heavy atom. The molecule has 3 nitrogen and oxygen atoms in total. The maximum atomic E-state index is 11.0. The predicted molar refractivity (Wildman–Crippen MR) is 96.0 cm³/mol. The lowest BCUT2D eigenvalue weighted by Gasteiger charge is -2.10. The summed E-state index contributed by atoms with van der Waals surface area (Å²) in [5.41, 5.74) is 3.55. The van der Waals surface area contributed by atoms with E-state index in [2.05, 4.69) is 29.2 Å². The number of carbonyl (C=O) groups is 1. The summed E-state index contributed by atoms with van der Waals surface area (Å²) in [7, 11) is 0. The Kier molecular flexibility index (Phi) is 3.47. The number of aromatic nitrogens is 1. The second-order valence-corrected chi connectivity index (χ2v) is 5.78. The minimum atomic E-state index is -0.871. The number of pyridine rings is 1. The van der Waals surface area contributed by atoms with Crippen LogP contribution in [0.25, 0.3) is 32.8 Å². The molecule has 0 unspecified atom stereocenters. The van der Waals surface area contributed by atoms with Crippen LogP contribution >= 0.6 is 0 Å². The van der Waals surface area contributed by atoms with Gasteiger partial charge in [0.1, 0.15) is 0 Å². The van der Waals surface area contributed by atoms with E-state index in [1.165, 1.54) is 5.39 Å². The first kappa shape index (κ1) is 14.4. The number of nitrogens with zero attached hydrogens (tertiary/aromatic N) is 1. The molecule has 0 radical (unpaired) electrons. The third kappa shape index (κ3) is 2.50. The van der Waals surface area contributed by atoms with Crippen molar-refractivity contribution >= 4 is 27.6 Å². The minimum absolute atomic E-state index is 0.0696. The van der Waals surface area contributed by atoms with Crippen LogP contribution in [0.3, 0.4) is 0 Å². The zero-order chi connectivity index (χ0) is 16.5. The van der Waals surface area contributed by atoms with Crippen molar-refractivity contribution < 1.29 is 9.90 Å². The summed E-state index contributed by atoms with van der Waals surface area (Å²) in [5, 5.41) is 12.4. The minimum Gasteiger partial charge on any atom is -0.481 e. The number of benzene rings is 3. The van der Waals surface area contributed by atoms with E-state index in [4.69, 9.17) is 5.11 Å². The van der Waals surface area contributed by atoms with Gasteiger partial charge in [-0.1, -0.05) is 66.7 Å². The van der Waals surface area contributed by atoms with Crippen LogP contribution < -0.4 is 0 Å². The molecule has 3 aromatic carbocycles. The van der Waals surface area contributed by atoms with Crippen molar-refractivity contribution in [3.05, 3.63) is 78.5 Å². The molecule has 0 atom stereocenters. The number of fused-ring (bicyclic) bond motifs is 2. The van der Waals surface area contributed by atoms with Crippen LogP contribution in [-0.4, -0.2) is 16.1 Å². The van der Waals surface area contributed by atoms with Crippen molar-refractivity contribution in [2.45, 2.75) is 6.42 Å². The summed E-state index contributed by atoms with van der Waals surface area (Å²) in [4.78, 5) is 15.6. The largest absolute Gasteiger partial charge is 0.481 e. The molecule has 0 saturated carbocycles. The molecule has 1 heterocycles. The number of carboxylic acids is 1. The summed E-state index contributed by atoms with van der Waals surface area (Å²) in [6.07, 6.45) is -0.0696. The Labute approximate surface area is 139 Å². The average molecular weight is 313 g/mol. The second-order valence-electron chi connectivity index (χ2n) is 5.78. The van der Waals surface area contributed by atoms with E-state index in [0.29, 0.717) is 5.69 Å². The molecule has 0 spiro atoms. The first-order chi connectivity index (χ1) is 11.7. The summed E-state index contributed by atoms with van der Waals surface area (Å²) in [6, 6.07) is 24.2. The molecule has 24 heavy (non-hydrogen) atoms. The zero-order valence-electron chi connectivity index (χ0n) is 12.9. The normalized spacial score (nSPS) is 11.0. The summed E-state index contributed by atoms with van der Waals surface area (Å²) < 4.78 is 0. The van der Waals surface area contributed by atoms with Crippen molar-refractivity contribution in [2.24, 2.45) is 0 Å². The highest BCUT2D eigenvalue weighted by Gasteiger charge is 2.10. The first-order valence-electron chi connectivity index (χ1n) is 7.81. The summed E-state index contributed by atoms with van der Waals surface area (Å²) in [5.74, 6) is -0.871. The molecule has 4 rings (SSSR count). The monoisotopic (exact) mass is 313 g/mol. The fourth-order valence-corrected chi connectivity index (χ4v) is 3.12. The molecule has 1 N–H and O–H groups in total. The van der Waals surface area contributed by atoms with Crippen molar-refractivity contribution in [1.82, 2.24) is 4.98 Å². The Bertz CT molecular complexity index is 1060. The molecule has 0 aliphatic carbocycles. The van der Waals surface area contributed by atoms with Gasteiger partial charge in [0.15, 0.2) is 0 Å². The van der Waals surface area contributed by atoms with E-state index in [1.54, 1.807) is 6.07 Å². The molecule has 1 aromatic heterocycles. The van der Waals surface area contributed by atoms with E-state index < -0.39 is 5.97 Å². The van der Waals surface area contributed by atoms with Crippen molar-refractivity contribution in [2.75, 3.05) is 0 Å². The molecule has 0 amide bonds. The lowest BCUT2D eigenvalue weighted by atomic mass is 9.96. The standard InChI is InChI=1S/C21H15NO2/c23-20(24)13-16-12-11-15-7-4-10-19(21(15)22-16)18-9-3-6-14-5-1-2-8-17(14)18/h1-12H,13H2,(H,23,24). The Hall–Kier alpha value is -3.20.